The fourth-order valence-electron chi connectivity index (χ4n) is 3.61. The summed E-state index contributed by atoms with van der Waals surface area (Å²) in [6, 6.07) is 11.9. The molecule has 2 atom stereocenters. The summed E-state index contributed by atoms with van der Waals surface area (Å²) in [7, 11) is 0. The molecule has 0 spiro atoms. The predicted molar refractivity (Wildman–Crippen MR) is 121 cm³/mol. The average molecular weight is 411 g/mol. The third kappa shape index (κ3) is 5.29. The van der Waals surface area contributed by atoms with Crippen LogP contribution in [-0.2, 0) is 11.2 Å². The number of hydrogen-bond acceptors (Lipinski definition) is 3. The van der Waals surface area contributed by atoms with E-state index in [4.69, 9.17) is 4.74 Å². The molecule has 162 valence electrons. The largest absolute Gasteiger partial charge is 0.478 e. The molecule has 0 bridgehead atoms. The van der Waals surface area contributed by atoms with Crippen LogP contribution in [0.2, 0.25) is 0 Å². The molecule has 0 saturated carbocycles. The van der Waals surface area contributed by atoms with Gasteiger partial charge in [-0.15, -0.1) is 0 Å². The van der Waals surface area contributed by atoms with E-state index in [0.29, 0.717) is 5.75 Å². The monoisotopic (exact) mass is 410 g/mol. The minimum atomic E-state index is -1.31. The van der Waals surface area contributed by atoms with Crippen molar-refractivity contribution in [1.29, 1.82) is 0 Å². The van der Waals surface area contributed by atoms with Crippen LogP contribution in [0.3, 0.4) is 0 Å². The molecule has 0 aliphatic carbocycles. The molecule has 0 fully saturated rings. The summed E-state index contributed by atoms with van der Waals surface area (Å²) in [5, 5.41) is 9.35. The minimum Gasteiger partial charge on any atom is -0.478 e. The third-order valence-electron chi connectivity index (χ3n) is 5.82. The van der Waals surface area contributed by atoms with E-state index in [2.05, 4.69) is 13.8 Å². The van der Waals surface area contributed by atoms with Crippen LogP contribution in [0.4, 0.5) is 0 Å². The van der Waals surface area contributed by atoms with E-state index in [-0.39, 0.29) is 17.6 Å². The van der Waals surface area contributed by atoms with E-state index < -0.39 is 11.6 Å². The molecule has 4 heteroatoms. The molecule has 0 aromatic heterocycles. The lowest BCUT2D eigenvalue weighted by Crippen LogP contribution is -2.38. The molecule has 1 N–H and O–H groups in total. The summed E-state index contributed by atoms with van der Waals surface area (Å²) < 4.78 is 5.80. The second-order valence-corrected chi connectivity index (χ2v) is 8.79. The quantitative estimate of drug-likeness (QED) is 0.506. The van der Waals surface area contributed by atoms with Gasteiger partial charge in [-0.3, -0.25) is 4.79 Å². The molecule has 2 aromatic rings. The van der Waals surface area contributed by atoms with Gasteiger partial charge in [-0.1, -0.05) is 63.6 Å². The number of carboxylic acids is 1. The van der Waals surface area contributed by atoms with Gasteiger partial charge < -0.3 is 9.84 Å². The summed E-state index contributed by atoms with van der Waals surface area (Å²) in [6.45, 7) is 13.1. The zero-order valence-corrected chi connectivity index (χ0v) is 19.2. The van der Waals surface area contributed by atoms with Crippen molar-refractivity contribution < 1.29 is 19.4 Å². The maximum Gasteiger partial charge on any atom is 0.347 e. The van der Waals surface area contributed by atoms with Gasteiger partial charge in [0.25, 0.3) is 0 Å². The van der Waals surface area contributed by atoms with E-state index in [1.165, 1.54) is 19.4 Å². The molecule has 4 nitrogen and oxygen atoms in total. The molecule has 0 amide bonds. The van der Waals surface area contributed by atoms with E-state index in [1.807, 2.05) is 57.2 Å². The zero-order chi connectivity index (χ0) is 22.6. The normalized spacial score (nSPS) is 13.6. The van der Waals surface area contributed by atoms with Crippen LogP contribution < -0.4 is 4.74 Å². The standard InChI is InChI=1S/C26H34O4/c1-8-9-20-10-12-21(13-11-20)23(27)19(5)18(4)22-14-16(2)24(17(3)15-22)30-26(6,7)25(28)29/h10-15,18-19H,8-9H2,1-7H3,(H,28,29)/t18-,19-/m1/s1. The number of ketones is 1. The number of carbonyl (C=O) groups excluding carboxylic acids is 1. The first-order valence-electron chi connectivity index (χ1n) is 10.6. The first-order chi connectivity index (χ1) is 14.0. The van der Waals surface area contributed by atoms with E-state index in [0.717, 1.165) is 35.1 Å². The Kier molecular flexibility index (Phi) is 7.46. The SMILES string of the molecule is CCCc1ccc(C(=O)[C@H](C)[C@@H](C)c2cc(C)c(OC(C)(C)C(=O)O)c(C)c2)cc1. The van der Waals surface area contributed by atoms with Crippen molar-refractivity contribution in [3.8, 4) is 5.75 Å². The predicted octanol–water partition coefficient (Wildman–Crippen LogP) is 6.12. The van der Waals surface area contributed by atoms with E-state index >= 15 is 0 Å². The second-order valence-electron chi connectivity index (χ2n) is 8.79. The summed E-state index contributed by atoms with van der Waals surface area (Å²) in [5.74, 6) is -0.449. The van der Waals surface area contributed by atoms with Gasteiger partial charge >= 0.3 is 5.97 Å². The van der Waals surface area contributed by atoms with Crippen LogP contribution in [0, 0.1) is 19.8 Å². The van der Waals surface area contributed by atoms with Crippen LogP contribution >= 0.6 is 0 Å². The Morgan fingerprint density at radius 3 is 2.03 bits per heavy atom. The number of Topliss-reactive ketones (excluding diaryl/α,β-unsaturated/α-hetero) is 1. The lowest BCUT2D eigenvalue weighted by Gasteiger charge is -2.26. The van der Waals surface area contributed by atoms with Gasteiger partial charge in [0.05, 0.1) is 0 Å². The third-order valence-corrected chi connectivity index (χ3v) is 5.82. The molecule has 0 saturated heterocycles. The summed E-state index contributed by atoms with van der Waals surface area (Å²) in [5.41, 5.74) is 3.47. The topological polar surface area (TPSA) is 63.6 Å². The molecule has 0 aliphatic heterocycles. The van der Waals surface area contributed by atoms with Crippen LogP contribution in [0.15, 0.2) is 36.4 Å². The maximum atomic E-state index is 13.0. The Balaban J connectivity index is 2.24. The van der Waals surface area contributed by atoms with Crippen molar-refractivity contribution in [3.63, 3.8) is 0 Å². The van der Waals surface area contributed by atoms with Crippen molar-refractivity contribution in [1.82, 2.24) is 0 Å². The Labute approximate surface area is 180 Å². The molecular formula is C26H34O4. The van der Waals surface area contributed by atoms with E-state index in [1.54, 1.807) is 0 Å². The summed E-state index contributed by atoms with van der Waals surface area (Å²) in [6.07, 6.45) is 2.11. The van der Waals surface area contributed by atoms with Crippen molar-refractivity contribution in [2.75, 3.05) is 0 Å². The maximum absolute atomic E-state index is 13.0. The fourth-order valence-corrected chi connectivity index (χ4v) is 3.61. The van der Waals surface area contributed by atoms with Crippen LogP contribution in [0.1, 0.15) is 79.6 Å². The summed E-state index contributed by atoms with van der Waals surface area (Å²) in [4.78, 5) is 24.5. The average Bonchev–Trinajstić information content (AvgIpc) is 2.69. The lowest BCUT2D eigenvalue weighted by molar-refractivity contribution is -0.152. The first-order valence-corrected chi connectivity index (χ1v) is 10.6. The first kappa shape index (κ1) is 23.7. The highest BCUT2D eigenvalue weighted by Crippen LogP contribution is 2.34. The number of carboxylic acid groups (broad SMARTS) is 1. The van der Waals surface area contributed by atoms with E-state index in [9.17, 15) is 14.7 Å². The molecule has 30 heavy (non-hydrogen) atoms. The van der Waals surface area contributed by atoms with Gasteiger partial charge in [0, 0.05) is 11.5 Å². The number of hydrogen-bond donors (Lipinski definition) is 1. The van der Waals surface area contributed by atoms with Crippen LogP contribution in [-0.4, -0.2) is 22.5 Å². The number of ether oxygens (including phenoxy) is 1. The second kappa shape index (κ2) is 9.46. The number of benzene rings is 2. The van der Waals surface area contributed by atoms with Crippen molar-refractivity contribution in [2.45, 2.75) is 72.8 Å². The van der Waals surface area contributed by atoms with Gasteiger partial charge in [0.2, 0.25) is 0 Å². The number of carbonyl (C=O) groups is 2. The van der Waals surface area contributed by atoms with Gasteiger partial charge in [-0.2, -0.15) is 0 Å². The smallest absolute Gasteiger partial charge is 0.347 e. The Morgan fingerprint density at radius 1 is 1.03 bits per heavy atom. The number of aliphatic carboxylic acids is 1. The molecule has 2 aromatic carbocycles. The van der Waals surface area contributed by atoms with Gasteiger partial charge in [-0.05, 0) is 62.3 Å². The molecule has 2 rings (SSSR count). The lowest BCUT2D eigenvalue weighted by atomic mass is 9.82. The van der Waals surface area contributed by atoms with Gasteiger partial charge in [0.1, 0.15) is 5.75 Å². The summed E-state index contributed by atoms with van der Waals surface area (Å²) >= 11 is 0. The van der Waals surface area contributed by atoms with Crippen molar-refractivity contribution in [2.24, 2.45) is 5.92 Å². The minimum absolute atomic E-state index is 0.0201. The Hall–Kier alpha value is -2.62. The molecule has 0 aliphatic rings. The highest BCUT2D eigenvalue weighted by Gasteiger charge is 2.31. The van der Waals surface area contributed by atoms with Crippen molar-refractivity contribution >= 4 is 11.8 Å². The fraction of sp³-hybridized carbons (Fsp3) is 0.462. The van der Waals surface area contributed by atoms with Crippen LogP contribution in [0.25, 0.3) is 0 Å². The van der Waals surface area contributed by atoms with Gasteiger partial charge in [0.15, 0.2) is 11.4 Å². The molecule has 0 radical (unpaired) electrons. The highest BCUT2D eigenvalue weighted by atomic mass is 16.5. The molecule has 0 unspecified atom stereocenters. The molecular weight excluding hydrogens is 376 g/mol. The highest BCUT2D eigenvalue weighted by molar-refractivity contribution is 5.98. The Bertz CT molecular complexity index is 886. The van der Waals surface area contributed by atoms with Crippen LogP contribution in [0.5, 0.6) is 5.75 Å². The molecule has 0 heterocycles. The zero-order valence-electron chi connectivity index (χ0n) is 19.2. The number of aryl methyl sites for hydroxylation is 3. The van der Waals surface area contributed by atoms with Crippen molar-refractivity contribution in [3.05, 3.63) is 64.2 Å². The van der Waals surface area contributed by atoms with Gasteiger partial charge in [-0.25, -0.2) is 4.79 Å². The number of rotatable bonds is 9. The Morgan fingerprint density at radius 2 is 1.57 bits per heavy atom.